The molecule has 4 nitrogen and oxygen atoms in total. The zero-order valence-electron chi connectivity index (χ0n) is 11.2. The molecule has 18 heavy (non-hydrogen) atoms. The minimum absolute atomic E-state index is 0.738. The molecule has 0 aliphatic heterocycles. The second-order valence-electron chi connectivity index (χ2n) is 4.64. The van der Waals surface area contributed by atoms with Crippen molar-refractivity contribution in [1.29, 1.82) is 0 Å². The predicted octanol–water partition coefficient (Wildman–Crippen LogP) is 2.27. The van der Waals surface area contributed by atoms with E-state index in [2.05, 4.69) is 41.6 Å². The Hall–Kier alpha value is -1.97. The summed E-state index contributed by atoms with van der Waals surface area (Å²) in [4.78, 5) is 0. The molecule has 0 radical (unpaired) electrons. The number of nitrogens with one attached hydrogen (secondary N) is 1. The monoisotopic (exact) mass is 244 g/mol. The van der Waals surface area contributed by atoms with Crippen molar-refractivity contribution in [2.24, 2.45) is 7.05 Å². The molecule has 4 heteroatoms. The third-order valence-electron chi connectivity index (χ3n) is 3.06. The van der Waals surface area contributed by atoms with E-state index in [1.54, 1.807) is 4.68 Å². The van der Waals surface area contributed by atoms with Crippen LogP contribution in [0, 0.1) is 13.8 Å². The van der Waals surface area contributed by atoms with Crippen LogP contribution in [0.25, 0.3) is 0 Å². The highest BCUT2D eigenvalue weighted by Crippen LogP contribution is 2.20. The van der Waals surface area contributed by atoms with Crippen molar-refractivity contribution in [1.82, 2.24) is 9.78 Å². The van der Waals surface area contributed by atoms with Crippen LogP contribution < -0.4 is 11.1 Å². The fourth-order valence-corrected chi connectivity index (χ4v) is 2.08. The number of benzene rings is 1. The van der Waals surface area contributed by atoms with Crippen LogP contribution in [0.3, 0.4) is 0 Å². The standard InChI is InChI=1S/C14H20N4/c1-10-5-4-6-12(9-10)7-8-16-14-13(15)11(2)17-18(14)3/h4-6,9,16H,7-8,15H2,1-3H3. The number of nitrogen functional groups attached to an aromatic ring is 1. The summed E-state index contributed by atoms with van der Waals surface area (Å²) in [6, 6.07) is 8.55. The highest BCUT2D eigenvalue weighted by Gasteiger charge is 2.08. The molecule has 0 aliphatic carbocycles. The van der Waals surface area contributed by atoms with Gasteiger partial charge in [-0.25, -0.2) is 0 Å². The van der Waals surface area contributed by atoms with Crippen molar-refractivity contribution >= 4 is 11.5 Å². The SMILES string of the molecule is Cc1cccc(CCNc2c(N)c(C)nn2C)c1. The highest BCUT2D eigenvalue weighted by molar-refractivity contribution is 5.64. The predicted molar refractivity (Wildman–Crippen MR) is 75.7 cm³/mol. The summed E-state index contributed by atoms with van der Waals surface area (Å²) in [5.41, 5.74) is 10.2. The van der Waals surface area contributed by atoms with Gasteiger partial charge in [-0.1, -0.05) is 29.8 Å². The van der Waals surface area contributed by atoms with Crippen molar-refractivity contribution in [3.8, 4) is 0 Å². The Morgan fingerprint density at radius 2 is 2.11 bits per heavy atom. The Morgan fingerprint density at radius 1 is 1.33 bits per heavy atom. The summed E-state index contributed by atoms with van der Waals surface area (Å²) in [5, 5.41) is 7.62. The van der Waals surface area contributed by atoms with Crippen LogP contribution in [0.2, 0.25) is 0 Å². The van der Waals surface area contributed by atoms with Crippen molar-refractivity contribution in [3.63, 3.8) is 0 Å². The third kappa shape index (κ3) is 2.64. The molecular formula is C14H20N4. The van der Waals surface area contributed by atoms with Gasteiger partial charge in [-0.2, -0.15) is 5.10 Å². The third-order valence-corrected chi connectivity index (χ3v) is 3.06. The maximum Gasteiger partial charge on any atom is 0.147 e. The Morgan fingerprint density at radius 3 is 2.72 bits per heavy atom. The number of aromatic nitrogens is 2. The van der Waals surface area contributed by atoms with E-state index in [0.29, 0.717) is 0 Å². The lowest BCUT2D eigenvalue weighted by molar-refractivity contribution is 0.757. The van der Waals surface area contributed by atoms with Gasteiger partial charge in [0.05, 0.1) is 11.4 Å². The summed E-state index contributed by atoms with van der Waals surface area (Å²) in [6.45, 7) is 4.88. The van der Waals surface area contributed by atoms with E-state index in [1.807, 2.05) is 14.0 Å². The molecule has 1 aromatic carbocycles. The molecule has 3 N–H and O–H groups in total. The van der Waals surface area contributed by atoms with Crippen molar-refractivity contribution in [2.45, 2.75) is 20.3 Å². The van der Waals surface area contributed by atoms with E-state index in [9.17, 15) is 0 Å². The van der Waals surface area contributed by atoms with Crippen LogP contribution in [-0.4, -0.2) is 16.3 Å². The van der Waals surface area contributed by atoms with E-state index < -0.39 is 0 Å². The molecule has 0 aliphatic rings. The Kier molecular flexibility index (Phi) is 3.55. The van der Waals surface area contributed by atoms with Crippen LogP contribution >= 0.6 is 0 Å². The van der Waals surface area contributed by atoms with Gasteiger partial charge in [0.1, 0.15) is 5.82 Å². The maximum atomic E-state index is 5.96. The molecule has 0 spiro atoms. The average Bonchev–Trinajstić information content (AvgIpc) is 2.56. The molecule has 2 aromatic rings. The highest BCUT2D eigenvalue weighted by atomic mass is 15.3. The smallest absolute Gasteiger partial charge is 0.147 e. The van der Waals surface area contributed by atoms with Gasteiger partial charge in [0.25, 0.3) is 0 Å². The molecule has 0 amide bonds. The minimum atomic E-state index is 0.738. The van der Waals surface area contributed by atoms with Gasteiger partial charge in [-0.3, -0.25) is 4.68 Å². The molecule has 0 fully saturated rings. The minimum Gasteiger partial charge on any atom is -0.394 e. The number of hydrogen-bond donors (Lipinski definition) is 2. The van der Waals surface area contributed by atoms with Crippen molar-refractivity contribution < 1.29 is 0 Å². The quantitative estimate of drug-likeness (QED) is 0.867. The largest absolute Gasteiger partial charge is 0.394 e. The zero-order valence-corrected chi connectivity index (χ0v) is 11.2. The van der Waals surface area contributed by atoms with Crippen molar-refractivity contribution in [3.05, 3.63) is 41.1 Å². The molecule has 1 heterocycles. The summed E-state index contributed by atoms with van der Waals surface area (Å²) < 4.78 is 1.79. The fraction of sp³-hybridized carbons (Fsp3) is 0.357. The normalized spacial score (nSPS) is 10.6. The van der Waals surface area contributed by atoms with Crippen LogP contribution in [0.4, 0.5) is 11.5 Å². The molecular weight excluding hydrogens is 224 g/mol. The van der Waals surface area contributed by atoms with Gasteiger partial charge in [0.2, 0.25) is 0 Å². The lowest BCUT2D eigenvalue weighted by Crippen LogP contribution is -2.10. The lowest BCUT2D eigenvalue weighted by Gasteiger charge is -2.08. The zero-order chi connectivity index (χ0) is 13.1. The van der Waals surface area contributed by atoms with Crippen LogP contribution in [-0.2, 0) is 13.5 Å². The van der Waals surface area contributed by atoms with Crippen molar-refractivity contribution in [2.75, 3.05) is 17.6 Å². The van der Waals surface area contributed by atoms with E-state index in [0.717, 1.165) is 30.2 Å². The molecule has 1 aromatic heterocycles. The number of anilines is 2. The molecule has 0 bridgehead atoms. The summed E-state index contributed by atoms with van der Waals surface area (Å²) >= 11 is 0. The van der Waals surface area contributed by atoms with Gasteiger partial charge in [0.15, 0.2) is 0 Å². The van der Waals surface area contributed by atoms with E-state index in [-0.39, 0.29) is 0 Å². The van der Waals surface area contributed by atoms with E-state index >= 15 is 0 Å². The second kappa shape index (κ2) is 5.12. The van der Waals surface area contributed by atoms with Gasteiger partial charge in [-0.05, 0) is 25.8 Å². The number of aryl methyl sites for hydroxylation is 3. The summed E-state index contributed by atoms with van der Waals surface area (Å²) in [7, 11) is 1.90. The van der Waals surface area contributed by atoms with E-state index in [1.165, 1.54) is 11.1 Å². The van der Waals surface area contributed by atoms with Gasteiger partial charge >= 0.3 is 0 Å². The number of rotatable bonds is 4. The van der Waals surface area contributed by atoms with Crippen LogP contribution in [0.1, 0.15) is 16.8 Å². The first kappa shape index (κ1) is 12.5. The molecule has 0 atom stereocenters. The van der Waals surface area contributed by atoms with E-state index in [4.69, 9.17) is 5.73 Å². The lowest BCUT2D eigenvalue weighted by atomic mass is 10.1. The number of nitrogens with zero attached hydrogens (tertiary/aromatic N) is 2. The topological polar surface area (TPSA) is 55.9 Å². The summed E-state index contributed by atoms with van der Waals surface area (Å²) in [5.74, 6) is 0.903. The molecule has 0 saturated carbocycles. The number of hydrogen-bond acceptors (Lipinski definition) is 3. The van der Waals surface area contributed by atoms with Gasteiger partial charge < -0.3 is 11.1 Å². The number of nitrogens with two attached hydrogens (primary N) is 1. The molecule has 0 unspecified atom stereocenters. The van der Waals surface area contributed by atoms with Gasteiger partial charge in [0, 0.05) is 13.6 Å². The maximum absolute atomic E-state index is 5.96. The molecule has 2 rings (SSSR count). The van der Waals surface area contributed by atoms with Crippen LogP contribution in [0.15, 0.2) is 24.3 Å². The average molecular weight is 244 g/mol. The Balaban J connectivity index is 1.96. The Bertz CT molecular complexity index is 543. The molecule has 0 saturated heterocycles. The second-order valence-corrected chi connectivity index (χ2v) is 4.64. The summed E-state index contributed by atoms with van der Waals surface area (Å²) in [6.07, 6.45) is 0.978. The Labute approximate surface area is 108 Å². The van der Waals surface area contributed by atoms with Gasteiger partial charge in [-0.15, -0.1) is 0 Å². The van der Waals surface area contributed by atoms with Crippen LogP contribution in [0.5, 0.6) is 0 Å². The molecule has 96 valence electrons. The first-order valence-electron chi connectivity index (χ1n) is 6.16. The fourth-order valence-electron chi connectivity index (χ4n) is 2.08. The first-order chi connectivity index (χ1) is 8.58. The first-order valence-corrected chi connectivity index (χ1v) is 6.16.